The van der Waals surface area contributed by atoms with Gasteiger partial charge in [-0.3, -0.25) is 0 Å². The van der Waals surface area contributed by atoms with Crippen molar-refractivity contribution < 1.29 is 8.42 Å². The first-order valence-electron chi connectivity index (χ1n) is 6.05. The smallest absolute Gasteiger partial charge is 0.214 e. The highest BCUT2D eigenvalue weighted by Gasteiger charge is 2.24. The van der Waals surface area contributed by atoms with E-state index in [1.165, 1.54) is 11.8 Å². The molecule has 1 saturated heterocycles. The summed E-state index contributed by atoms with van der Waals surface area (Å²) in [7, 11) is -3.07. The summed E-state index contributed by atoms with van der Waals surface area (Å²) in [5.41, 5.74) is 6.52. The normalized spacial score (nSPS) is 17.1. The number of nitrogens with zero attached hydrogens (tertiary/aromatic N) is 1. The summed E-state index contributed by atoms with van der Waals surface area (Å²) in [6.07, 6.45) is 1.97. The highest BCUT2D eigenvalue weighted by atomic mass is 32.2. The monoisotopic (exact) mass is 286 g/mol. The molecule has 1 aliphatic heterocycles. The maximum Gasteiger partial charge on any atom is 0.214 e. The molecule has 6 heteroatoms. The minimum absolute atomic E-state index is 0.187. The van der Waals surface area contributed by atoms with E-state index in [-0.39, 0.29) is 5.75 Å². The van der Waals surface area contributed by atoms with Crippen molar-refractivity contribution in [3.8, 4) is 0 Å². The zero-order valence-electron chi connectivity index (χ0n) is 10.2. The largest absolute Gasteiger partial charge is 0.398 e. The molecule has 0 unspecified atom stereocenters. The van der Waals surface area contributed by atoms with Crippen LogP contribution in [0.15, 0.2) is 29.2 Å². The predicted octanol–water partition coefficient (Wildman–Crippen LogP) is 1.79. The zero-order chi connectivity index (χ0) is 13.0. The number of hydrogen-bond acceptors (Lipinski definition) is 4. The van der Waals surface area contributed by atoms with Gasteiger partial charge in [0.2, 0.25) is 10.0 Å². The van der Waals surface area contributed by atoms with Crippen LogP contribution in [-0.4, -0.2) is 37.3 Å². The Balaban J connectivity index is 1.87. The second kappa shape index (κ2) is 5.95. The van der Waals surface area contributed by atoms with Gasteiger partial charge >= 0.3 is 0 Å². The van der Waals surface area contributed by atoms with Gasteiger partial charge in [-0.05, 0) is 25.0 Å². The number of para-hydroxylation sites is 1. The van der Waals surface area contributed by atoms with Crippen LogP contribution in [0.2, 0.25) is 0 Å². The fraction of sp³-hybridized carbons (Fsp3) is 0.500. The Labute approximate surface area is 113 Å². The minimum atomic E-state index is -3.07. The van der Waals surface area contributed by atoms with E-state index in [0.29, 0.717) is 24.5 Å². The van der Waals surface area contributed by atoms with Gasteiger partial charge in [-0.15, -0.1) is 11.8 Å². The SMILES string of the molecule is Nc1ccccc1SCCS(=O)(=O)N1CCCC1. The molecule has 1 aliphatic rings. The second-order valence-corrected chi connectivity index (χ2v) is 7.53. The Morgan fingerprint density at radius 2 is 1.89 bits per heavy atom. The van der Waals surface area contributed by atoms with Gasteiger partial charge < -0.3 is 5.73 Å². The summed E-state index contributed by atoms with van der Waals surface area (Å²) in [5.74, 6) is 0.735. The number of rotatable bonds is 5. The van der Waals surface area contributed by atoms with Gasteiger partial charge in [-0.2, -0.15) is 0 Å². The zero-order valence-corrected chi connectivity index (χ0v) is 11.8. The van der Waals surface area contributed by atoms with Gasteiger partial charge in [0.05, 0.1) is 5.75 Å². The van der Waals surface area contributed by atoms with E-state index >= 15 is 0 Å². The fourth-order valence-electron chi connectivity index (χ4n) is 1.96. The first-order chi connectivity index (χ1) is 8.59. The first kappa shape index (κ1) is 13.7. The van der Waals surface area contributed by atoms with Crippen LogP contribution in [0, 0.1) is 0 Å². The summed E-state index contributed by atoms with van der Waals surface area (Å²) in [5, 5.41) is 0. The molecule has 4 nitrogen and oxygen atoms in total. The van der Waals surface area contributed by atoms with E-state index in [9.17, 15) is 8.42 Å². The number of nitrogens with two attached hydrogens (primary N) is 1. The van der Waals surface area contributed by atoms with Crippen LogP contribution in [0.5, 0.6) is 0 Å². The number of hydrogen-bond donors (Lipinski definition) is 1. The van der Waals surface area contributed by atoms with Gasteiger partial charge in [0, 0.05) is 29.4 Å². The van der Waals surface area contributed by atoms with E-state index in [4.69, 9.17) is 5.73 Å². The second-order valence-electron chi connectivity index (χ2n) is 4.31. The van der Waals surface area contributed by atoms with E-state index in [0.717, 1.165) is 17.7 Å². The third-order valence-corrected chi connectivity index (χ3v) is 6.20. The lowest BCUT2D eigenvalue weighted by atomic mass is 10.3. The lowest BCUT2D eigenvalue weighted by Gasteiger charge is -2.15. The predicted molar refractivity (Wildman–Crippen MR) is 76.2 cm³/mol. The molecule has 1 fully saturated rings. The van der Waals surface area contributed by atoms with Crippen LogP contribution >= 0.6 is 11.8 Å². The molecule has 0 spiro atoms. The van der Waals surface area contributed by atoms with Crippen molar-refractivity contribution in [1.29, 1.82) is 0 Å². The van der Waals surface area contributed by atoms with Crippen LogP contribution in [0.3, 0.4) is 0 Å². The Hall–Kier alpha value is -0.720. The van der Waals surface area contributed by atoms with Crippen molar-refractivity contribution in [2.45, 2.75) is 17.7 Å². The summed E-state index contributed by atoms with van der Waals surface area (Å²) in [4.78, 5) is 0.953. The molecule has 1 aromatic rings. The number of benzene rings is 1. The number of anilines is 1. The lowest BCUT2D eigenvalue weighted by molar-refractivity contribution is 0.479. The fourth-order valence-corrected chi connectivity index (χ4v) is 4.84. The molecule has 2 N–H and O–H groups in total. The summed E-state index contributed by atoms with van der Waals surface area (Å²) in [6.45, 7) is 1.36. The molecule has 100 valence electrons. The Kier molecular flexibility index (Phi) is 4.53. The van der Waals surface area contributed by atoms with Crippen LogP contribution in [0.4, 0.5) is 5.69 Å². The van der Waals surface area contributed by atoms with E-state index in [1.54, 1.807) is 4.31 Å². The molecule has 0 radical (unpaired) electrons. The molecule has 0 saturated carbocycles. The van der Waals surface area contributed by atoms with Crippen molar-refractivity contribution in [1.82, 2.24) is 4.31 Å². The lowest BCUT2D eigenvalue weighted by Crippen LogP contribution is -2.30. The maximum atomic E-state index is 12.0. The van der Waals surface area contributed by atoms with Crippen LogP contribution in [0.1, 0.15) is 12.8 Å². The quantitative estimate of drug-likeness (QED) is 0.662. The number of nitrogen functional groups attached to an aromatic ring is 1. The highest BCUT2D eigenvalue weighted by Crippen LogP contribution is 2.25. The highest BCUT2D eigenvalue weighted by molar-refractivity contribution is 8.00. The van der Waals surface area contributed by atoms with Crippen LogP contribution in [-0.2, 0) is 10.0 Å². The van der Waals surface area contributed by atoms with Gasteiger partial charge in [-0.25, -0.2) is 12.7 Å². The molecule has 2 rings (SSSR count). The van der Waals surface area contributed by atoms with Crippen molar-refractivity contribution in [3.05, 3.63) is 24.3 Å². The minimum Gasteiger partial charge on any atom is -0.398 e. The van der Waals surface area contributed by atoms with Crippen molar-refractivity contribution in [3.63, 3.8) is 0 Å². The third-order valence-electron chi connectivity index (χ3n) is 2.98. The summed E-state index contributed by atoms with van der Waals surface area (Å²) < 4.78 is 25.6. The molecule has 1 aromatic carbocycles. The average Bonchev–Trinajstić information content (AvgIpc) is 2.86. The maximum absolute atomic E-state index is 12.0. The van der Waals surface area contributed by atoms with Crippen molar-refractivity contribution in [2.75, 3.05) is 30.3 Å². The van der Waals surface area contributed by atoms with Crippen molar-refractivity contribution >= 4 is 27.5 Å². The van der Waals surface area contributed by atoms with Gasteiger partial charge in [0.25, 0.3) is 0 Å². The molecule has 1 heterocycles. The average molecular weight is 286 g/mol. The van der Waals surface area contributed by atoms with E-state index in [2.05, 4.69) is 0 Å². The van der Waals surface area contributed by atoms with Gasteiger partial charge in [0.1, 0.15) is 0 Å². The topological polar surface area (TPSA) is 63.4 Å². The molecule has 18 heavy (non-hydrogen) atoms. The molecular weight excluding hydrogens is 268 g/mol. The molecule has 0 amide bonds. The molecule has 0 atom stereocenters. The Bertz CT molecular complexity index is 497. The van der Waals surface area contributed by atoms with Crippen LogP contribution in [0.25, 0.3) is 0 Å². The molecule has 0 aliphatic carbocycles. The Morgan fingerprint density at radius 3 is 2.56 bits per heavy atom. The Morgan fingerprint density at radius 1 is 1.22 bits per heavy atom. The third kappa shape index (κ3) is 3.40. The van der Waals surface area contributed by atoms with Crippen LogP contribution < -0.4 is 5.73 Å². The van der Waals surface area contributed by atoms with Crippen molar-refractivity contribution in [2.24, 2.45) is 0 Å². The number of thioether (sulfide) groups is 1. The van der Waals surface area contributed by atoms with E-state index in [1.807, 2.05) is 24.3 Å². The summed E-state index contributed by atoms with van der Waals surface area (Å²) in [6, 6.07) is 7.54. The molecular formula is C12H18N2O2S2. The van der Waals surface area contributed by atoms with E-state index < -0.39 is 10.0 Å². The van der Waals surface area contributed by atoms with Gasteiger partial charge in [-0.1, -0.05) is 12.1 Å². The molecule has 0 aromatic heterocycles. The first-order valence-corrected chi connectivity index (χ1v) is 8.64. The number of sulfonamides is 1. The summed E-state index contributed by atoms with van der Waals surface area (Å²) >= 11 is 1.50. The standard InChI is InChI=1S/C12H18N2O2S2/c13-11-5-1-2-6-12(11)17-9-10-18(15,16)14-7-3-4-8-14/h1-2,5-6H,3-4,7-10,13H2. The molecule has 0 bridgehead atoms. The van der Waals surface area contributed by atoms with Gasteiger partial charge in [0.15, 0.2) is 0 Å².